The molecule has 144 valence electrons. The van der Waals surface area contributed by atoms with Crippen LogP contribution in [0, 0.1) is 0 Å². The first-order valence-corrected chi connectivity index (χ1v) is 9.10. The number of pyridine rings is 2. The number of halogens is 6. The SMILES string of the molecule is FC(F)(F)c1cccnc1-c1nc2sc(-c3ncccc3C(F)(F)F)nc2s1. The predicted octanol–water partition coefficient (Wildman–Crippen LogP) is 5.91. The minimum absolute atomic E-state index is 0.00899. The van der Waals surface area contributed by atoms with E-state index in [-0.39, 0.29) is 31.1 Å². The largest absolute Gasteiger partial charge is 0.418 e. The first kappa shape index (κ1) is 18.7. The van der Waals surface area contributed by atoms with Gasteiger partial charge < -0.3 is 0 Å². The lowest BCUT2D eigenvalue weighted by molar-refractivity contribution is -0.138. The van der Waals surface area contributed by atoms with Gasteiger partial charge in [-0.15, -0.1) is 0 Å². The molecule has 0 unspecified atom stereocenters. The van der Waals surface area contributed by atoms with E-state index in [9.17, 15) is 26.3 Å². The van der Waals surface area contributed by atoms with Crippen molar-refractivity contribution in [1.29, 1.82) is 0 Å². The zero-order chi connectivity index (χ0) is 20.1. The van der Waals surface area contributed by atoms with Gasteiger partial charge in [0.2, 0.25) is 0 Å². The van der Waals surface area contributed by atoms with E-state index < -0.39 is 23.5 Å². The van der Waals surface area contributed by atoms with Crippen molar-refractivity contribution in [3.8, 4) is 21.4 Å². The van der Waals surface area contributed by atoms with Gasteiger partial charge >= 0.3 is 12.4 Å². The number of nitrogens with zero attached hydrogens (tertiary/aromatic N) is 4. The van der Waals surface area contributed by atoms with Crippen LogP contribution in [0.2, 0.25) is 0 Å². The average Bonchev–Trinajstić information content (AvgIpc) is 3.19. The molecule has 28 heavy (non-hydrogen) atoms. The minimum Gasteiger partial charge on any atom is -0.253 e. The van der Waals surface area contributed by atoms with E-state index in [2.05, 4.69) is 19.9 Å². The molecule has 0 N–H and O–H groups in total. The van der Waals surface area contributed by atoms with Crippen LogP contribution in [-0.4, -0.2) is 19.9 Å². The fourth-order valence-corrected chi connectivity index (χ4v) is 4.52. The molecule has 0 radical (unpaired) electrons. The smallest absolute Gasteiger partial charge is 0.253 e. The second-order valence-corrected chi connectivity index (χ2v) is 7.40. The zero-order valence-corrected chi connectivity index (χ0v) is 15.0. The van der Waals surface area contributed by atoms with Crippen molar-refractivity contribution in [2.75, 3.05) is 0 Å². The van der Waals surface area contributed by atoms with E-state index in [0.717, 1.165) is 34.8 Å². The van der Waals surface area contributed by atoms with Crippen molar-refractivity contribution in [1.82, 2.24) is 19.9 Å². The van der Waals surface area contributed by atoms with Crippen molar-refractivity contribution in [3.05, 3.63) is 47.8 Å². The Hall–Kier alpha value is -2.60. The number of aromatic nitrogens is 4. The molecule has 0 saturated heterocycles. The first-order chi connectivity index (χ1) is 13.1. The maximum atomic E-state index is 13.2. The Morgan fingerprint density at radius 3 is 1.39 bits per heavy atom. The molecule has 0 atom stereocenters. The van der Waals surface area contributed by atoms with Crippen molar-refractivity contribution in [3.63, 3.8) is 0 Å². The molecule has 0 aliphatic rings. The summed E-state index contributed by atoms with van der Waals surface area (Å²) in [5.74, 6) is 0. The number of hydrogen-bond donors (Lipinski definition) is 0. The predicted molar refractivity (Wildman–Crippen MR) is 91.8 cm³/mol. The summed E-state index contributed by atoms with van der Waals surface area (Å²) < 4.78 is 79.0. The highest BCUT2D eigenvalue weighted by Crippen LogP contribution is 2.42. The van der Waals surface area contributed by atoms with Crippen LogP contribution in [0.1, 0.15) is 11.1 Å². The molecule has 0 aliphatic heterocycles. The highest BCUT2D eigenvalue weighted by molar-refractivity contribution is 7.29. The third kappa shape index (κ3) is 3.33. The Morgan fingerprint density at radius 2 is 1.04 bits per heavy atom. The van der Waals surface area contributed by atoms with E-state index in [1.54, 1.807) is 0 Å². The molecule has 0 spiro atoms. The molecule has 4 aromatic heterocycles. The van der Waals surface area contributed by atoms with Crippen LogP contribution >= 0.6 is 22.7 Å². The van der Waals surface area contributed by atoms with Crippen molar-refractivity contribution in [2.45, 2.75) is 12.4 Å². The van der Waals surface area contributed by atoms with Crippen LogP contribution < -0.4 is 0 Å². The highest BCUT2D eigenvalue weighted by atomic mass is 32.1. The molecule has 4 aromatic rings. The molecular weight excluding hydrogens is 426 g/mol. The molecule has 0 saturated carbocycles. The standard InChI is InChI=1S/C16H6F6N4S2/c17-15(18,19)7-3-1-5-23-9(7)11-25-13-14(27-11)26-12(28-13)10-8(16(20,21)22)4-2-6-24-10/h1-6H. The van der Waals surface area contributed by atoms with Gasteiger partial charge in [-0.1, -0.05) is 22.7 Å². The zero-order valence-electron chi connectivity index (χ0n) is 13.3. The summed E-state index contributed by atoms with van der Waals surface area (Å²) in [4.78, 5) is 16.1. The molecule has 0 aromatic carbocycles. The maximum Gasteiger partial charge on any atom is 0.418 e. The molecule has 4 heterocycles. The van der Waals surface area contributed by atoms with Crippen LogP contribution in [-0.2, 0) is 12.4 Å². The average molecular weight is 432 g/mol. The van der Waals surface area contributed by atoms with Crippen LogP contribution in [0.15, 0.2) is 36.7 Å². The first-order valence-electron chi connectivity index (χ1n) is 7.47. The van der Waals surface area contributed by atoms with Crippen LogP contribution in [0.4, 0.5) is 26.3 Å². The summed E-state index contributed by atoms with van der Waals surface area (Å²) in [5, 5.41) is -0.0180. The van der Waals surface area contributed by atoms with Gasteiger partial charge in [-0.2, -0.15) is 26.3 Å². The van der Waals surface area contributed by atoms with Gasteiger partial charge in [0.15, 0.2) is 9.66 Å². The third-order valence-corrected chi connectivity index (χ3v) is 5.65. The van der Waals surface area contributed by atoms with Crippen molar-refractivity contribution < 1.29 is 26.3 Å². The van der Waals surface area contributed by atoms with Crippen LogP contribution in [0.3, 0.4) is 0 Å². The topological polar surface area (TPSA) is 51.6 Å². The molecule has 4 rings (SSSR count). The number of thiazole rings is 2. The monoisotopic (exact) mass is 432 g/mol. The minimum atomic E-state index is -4.61. The van der Waals surface area contributed by atoms with Gasteiger partial charge in [0.1, 0.15) is 21.4 Å². The molecule has 12 heteroatoms. The summed E-state index contributed by atoms with van der Waals surface area (Å²) >= 11 is 1.65. The van der Waals surface area contributed by atoms with E-state index in [4.69, 9.17) is 0 Å². The normalized spacial score (nSPS) is 12.6. The van der Waals surface area contributed by atoms with Gasteiger partial charge in [-0.05, 0) is 24.3 Å². The highest BCUT2D eigenvalue weighted by Gasteiger charge is 2.36. The van der Waals surface area contributed by atoms with Gasteiger partial charge in [-0.25, -0.2) is 9.97 Å². The lowest BCUT2D eigenvalue weighted by Crippen LogP contribution is -2.08. The Kier molecular flexibility index (Phi) is 4.34. The fourth-order valence-electron chi connectivity index (χ4n) is 2.45. The van der Waals surface area contributed by atoms with Gasteiger partial charge in [0.05, 0.1) is 11.1 Å². The van der Waals surface area contributed by atoms with E-state index in [0.29, 0.717) is 0 Å². The Bertz CT molecular complexity index is 1040. The molecule has 0 bridgehead atoms. The molecule has 0 aliphatic carbocycles. The van der Waals surface area contributed by atoms with E-state index in [1.807, 2.05) is 0 Å². The van der Waals surface area contributed by atoms with E-state index >= 15 is 0 Å². The molecule has 4 nitrogen and oxygen atoms in total. The third-order valence-electron chi connectivity index (χ3n) is 3.61. The van der Waals surface area contributed by atoms with Gasteiger partial charge in [0.25, 0.3) is 0 Å². The second kappa shape index (κ2) is 6.48. The summed E-state index contributed by atoms with van der Waals surface area (Å²) in [6, 6.07) is 4.11. The van der Waals surface area contributed by atoms with Crippen LogP contribution in [0.25, 0.3) is 31.1 Å². The van der Waals surface area contributed by atoms with Gasteiger partial charge in [0, 0.05) is 12.4 Å². The fraction of sp³-hybridized carbons (Fsp3) is 0.125. The summed E-state index contributed by atoms with van der Waals surface area (Å²) in [6.45, 7) is 0. The van der Waals surface area contributed by atoms with E-state index in [1.165, 1.54) is 24.5 Å². The molecule has 0 amide bonds. The lowest BCUT2D eigenvalue weighted by Gasteiger charge is -2.09. The number of hydrogen-bond acceptors (Lipinski definition) is 6. The Labute approximate surface area is 160 Å². The maximum absolute atomic E-state index is 13.2. The van der Waals surface area contributed by atoms with Crippen molar-refractivity contribution >= 4 is 32.3 Å². The van der Waals surface area contributed by atoms with Gasteiger partial charge in [-0.3, -0.25) is 9.97 Å². The molecular formula is C16H6F6N4S2. The number of fused-ring (bicyclic) bond motifs is 1. The number of rotatable bonds is 2. The summed E-state index contributed by atoms with van der Waals surface area (Å²) in [6.07, 6.45) is -6.81. The number of alkyl halides is 6. The Balaban J connectivity index is 1.80. The summed E-state index contributed by atoms with van der Waals surface area (Å²) in [7, 11) is 0. The lowest BCUT2D eigenvalue weighted by atomic mass is 10.2. The quantitative estimate of drug-likeness (QED) is 0.369. The second-order valence-electron chi connectivity index (χ2n) is 5.44. The van der Waals surface area contributed by atoms with Crippen LogP contribution in [0.5, 0.6) is 0 Å². The van der Waals surface area contributed by atoms with Crippen molar-refractivity contribution in [2.24, 2.45) is 0 Å². The molecule has 0 fully saturated rings. The Morgan fingerprint density at radius 1 is 0.643 bits per heavy atom. The summed E-state index contributed by atoms with van der Waals surface area (Å²) in [5.41, 5.74) is -2.58.